The minimum absolute atomic E-state index is 0.243. The van der Waals surface area contributed by atoms with E-state index >= 15 is 0 Å². The number of nitrogens with zero attached hydrogens (tertiary/aromatic N) is 2. The Bertz CT molecular complexity index is 371. The first-order valence-corrected chi connectivity index (χ1v) is 5.06. The highest BCUT2D eigenvalue weighted by atomic mass is 16.5. The van der Waals surface area contributed by atoms with Crippen LogP contribution in [-0.2, 0) is 14.8 Å². The minimum Gasteiger partial charge on any atom is -0.272 e. The van der Waals surface area contributed by atoms with E-state index in [0.29, 0.717) is 5.06 Å². The van der Waals surface area contributed by atoms with Crippen LogP contribution in [0.4, 0.5) is 0 Å². The van der Waals surface area contributed by atoms with Gasteiger partial charge in [0.2, 0.25) is 0 Å². The van der Waals surface area contributed by atoms with E-state index in [1.807, 2.05) is 0 Å². The fraction of sp³-hybridized carbons (Fsp3) is 0.636. The molecule has 1 aliphatic rings. The van der Waals surface area contributed by atoms with Crippen LogP contribution in [-0.4, -0.2) is 33.0 Å². The highest BCUT2D eigenvalue weighted by molar-refractivity contribution is 6.08. The van der Waals surface area contributed by atoms with Gasteiger partial charge in [-0.25, -0.2) is 0 Å². The molecule has 0 aliphatic carbocycles. The average molecular weight is 225 g/mol. The predicted octanol–water partition coefficient (Wildman–Crippen LogP) is 1.09. The van der Waals surface area contributed by atoms with Gasteiger partial charge in [0, 0.05) is 5.57 Å². The first-order valence-electron chi connectivity index (χ1n) is 5.06. The number of imide groups is 1. The molecule has 1 saturated heterocycles. The summed E-state index contributed by atoms with van der Waals surface area (Å²) in [6.07, 6.45) is 0. The van der Waals surface area contributed by atoms with Gasteiger partial charge in [-0.15, -0.1) is 10.3 Å². The third-order valence-electron chi connectivity index (χ3n) is 2.85. The Kier molecular flexibility index (Phi) is 2.73. The largest absolute Gasteiger partial charge is 0.272 e. The summed E-state index contributed by atoms with van der Waals surface area (Å²) in [4.78, 5) is 24.9. The lowest BCUT2D eigenvalue weighted by Crippen LogP contribution is -2.51. The first kappa shape index (κ1) is 12.9. The molecule has 1 aliphatic heterocycles. The molecule has 1 rings (SSSR count). The third kappa shape index (κ3) is 1.47. The summed E-state index contributed by atoms with van der Waals surface area (Å²) < 4.78 is 0. The Hall–Kier alpha value is -1.20. The van der Waals surface area contributed by atoms with Gasteiger partial charge in [0.1, 0.15) is 11.2 Å². The van der Waals surface area contributed by atoms with Crippen LogP contribution >= 0.6 is 0 Å². The van der Waals surface area contributed by atoms with Crippen molar-refractivity contribution in [2.24, 2.45) is 0 Å². The van der Waals surface area contributed by atoms with Crippen molar-refractivity contribution in [1.29, 1.82) is 0 Å². The van der Waals surface area contributed by atoms with Crippen molar-refractivity contribution < 1.29 is 14.8 Å². The maximum atomic E-state index is 12.0. The van der Waals surface area contributed by atoms with Crippen molar-refractivity contribution in [3.63, 3.8) is 0 Å². The van der Waals surface area contributed by atoms with Crippen LogP contribution in [0.5, 0.6) is 0 Å². The van der Waals surface area contributed by atoms with Crippen molar-refractivity contribution in [1.82, 2.24) is 9.96 Å². The normalized spacial score (nSPS) is 23.6. The molecule has 5 heteroatoms. The quantitative estimate of drug-likeness (QED) is 0.628. The average Bonchev–Trinajstić information content (AvgIpc) is 2.25. The van der Waals surface area contributed by atoms with Crippen molar-refractivity contribution >= 4 is 11.8 Å². The molecule has 1 heterocycles. The smallest absolute Gasteiger partial charge is 0.257 e. The molecule has 0 spiro atoms. The van der Waals surface area contributed by atoms with E-state index in [-0.39, 0.29) is 5.57 Å². The number of hydroxylamine groups is 2. The van der Waals surface area contributed by atoms with Gasteiger partial charge in [-0.05, 0) is 34.6 Å². The van der Waals surface area contributed by atoms with E-state index < -0.39 is 23.0 Å². The molecular weight excluding hydrogens is 208 g/mol. The molecule has 2 amide bonds. The van der Waals surface area contributed by atoms with Gasteiger partial charge in [-0.1, -0.05) is 6.58 Å². The molecule has 0 aromatic heterocycles. The zero-order valence-electron chi connectivity index (χ0n) is 10.3. The Morgan fingerprint density at radius 3 is 1.94 bits per heavy atom. The molecule has 89 valence electrons. The molecule has 0 aromatic rings. The van der Waals surface area contributed by atoms with Crippen molar-refractivity contribution in [3.05, 3.63) is 12.2 Å². The number of hydrogen-bond acceptors (Lipinski definition) is 3. The summed E-state index contributed by atoms with van der Waals surface area (Å²) in [6.45, 7) is 11.1. The molecule has 16 heavy (non-hydrogen) atoms. The SMILES string of the molecule is C=C(C)C(=O)N1C(=O)C(C)(C)N([O])C1(C)C. The van der Waals surface area contributed by atoms with E-state index in [1.165, 1.54) is 20.8 Å². The van der Waals surface area contributed by atoms with Crippen LogP contribution < -0.4 is 0 Å². The molecule has 5 nitrogen and oxygen atoms in total. The molecule has 0 atom stereocenters. The summed E-state index contributed by atoms with van der Waals surface area (Å²) in [6, 6.07) is 0. The number of rotatable bonds is 1. The fourth-order valence-electron chi connectivity index (χ4n) is 1.92. The molecule has 1 fully saturated rings. The standard InChI is InChI=1S/C11H17N2O3/c1-7(2)8(14)12-9(15)10(3,4)13(16)11(12,5)6/h1H2,2-6H3. The van der Waals surface area contributed by atoms with E-state index in [2.05, 4.69) is 6.58 Å². The number of carbonyl (C=O) groups is 2. The first-order chi connectivity index (χ1) is 7.04. The third-order valence-corrected chi connectivity index (χ3v) is 2.85. The summed E-state index contributed by atoms with van der Waals surface area (Å²) in [5.41, 5.74) is -2.14. The predicted molar refractivity (Wildman–Crippen MR) is 57.4 cm³/mol. The van der Waals surface area contributed by atoms with Gasteiger partial charge >= 0.3 is 0 Å². The molecule has 1 radical (unpaired) electrons. The fourth-order valence-corrected chi connectivity index (χ4v) is 1.92. The Balaban J connectivity index is 3.26. The second-order valence-electron chi connectivity index (χ2n) is 5.07. The van der Waals surface area contributed by atoms with Crippen LogP contribution in [0.25, 0.3) is 0 Å². The zero-order valence-corrected chi connectivity index (χ0v) is 10.3. The summed E-state index contributed by atoms with van der Waals surface area (Å²) in [7, 11) is 0. The second-order valence-corrected chi connectivity index (χ2v) is 5.07. The van der Waals surface area contributed by atoms with E-state index in [0.717, 1.165) is 4.90 Å². The van der Waals surface area contributed by atoms with E-state index in [9.17, 15) is 14.8 Å². The van der Waals surface area contributed by atoms with Crippen LogP contribution in [0.15, 0.2) is 12.2 Å². The highest BCUT2D eigenvalue weighted by Gasteiger charge is 2.59. The molecule has 0 aromatic carbocycles. The Morgan fingerprint density at radius 1 is 1.25 bits per heavy atom. The second kappa shape index (κ2) is 3.40. The van der Waals surface area contributed by atoms with Crippen molar-refractivity contribution in [2.75, 3.05) is 0 Å². The van der Waals surface area contributed by atoms with Gasteiger partial charge < -0.3 is 0 Å². The maximum Gasteiger partial charge on any atom is 0.257 e. The van der Waals surface area contributed by atoms with Crippen molar-refractivity contribution in [2.45, 2.75) is 45.8 Å². The molecule has 0 bridgehead atoms. The van der Waals surface area contributed by atoms with Crippen LogP contribution in [0, 0.1) is 0 Å². The van der Waals surface area contributed by atoms with Crippen LogP contribution in [0.1, 0.15) is 34.6 Å². The lowest BCUT2D eigenvalue weighted by molar-refractivity contribution is -0.256. The number of carbonyl (C=O) groups excluding carboxylic acids is 2. The van der Waals surface area contributed by atoms with Crippen LogP contribution in [0.2, 0.25) is 0 Å². The molecule has 0 saturated carbocycles. The molecule has 0 unspecified atom stereocenters. The van der Waals surface area contributed by atoms with Gasteiger partial charge in [0.05, 0.1) is 0 Å². The van der Waals surface area contributed by atoms with Crippen LogP contribution in [0.3, 0.4) is 0 Å². The Morgan fingerprint density at radius 2 is 1.69 bits per heavy atom. The maximum absolute atomic E-state index is 12.0. The number of amides is 2. The lowest BCUT2D eigenvalue weighted by Gasteiger charge is -2.32. The highest BCUT2D eigenvalue weighted by Crippen LogP contribution is 2.37. The summed E-state index contributed by atoms with van der Waals surface area (Å²) >= 11 is 0. The van der Waals surface area contributed by atoms with Gasteiger partial charge in [0.15, 0.2) is 0 Å². The van der Waals surface area contributed by atoms with Gasteiger partial charge in [-0.3, -0.25) is 14.5 Å². The van der Waals surface area contributed by atoms with E-state index in [1.54, 1.807) is 13.8 Å². The summed E-state index contributed by atoms with van der Waals surface area (Å²) in [5.74, 6) is -0.984. The molecular formula is C11H17N2O3. The topological polar surface area (TPSA) is 60.5 Å². The minimum atomic E-state index is -1.21. The van der Waals surface area contributed by atoms with Gasteiger partial charge in [-0.2, -0.15) is 0 Å². The molecule has 0 N–H and O–H groups in total. The lowest BCUT2D eigenvalue weighted by atomic mass is 10.1. The van der Waals surface area contributed by atoms with Gasteiger partial charge in [0.25, 0.3) is 11.8 Å². The monoisotopic (exact) mass is 225 g/mol. The van der Waals surface area contributed by atoms with E-state index in [4.69, 9.17) is 0 Å². The van der Waals surface area contributed by atoms with Crippen molar-refractivity contribution in [3.8, 4) is 0 Å². The number of hydrogen-bond donors (Lipinski definition) is 0. The zero-order chi connectivity index (χ0) is 12.9. The Labute approximate surface area is 95.3 Å². The summed E-state index contributed by atoms with van der Waals surface area (Å²) in [5, 5.41) is 12.6.